The number of alkyl halides is 3. The van der Waals surface area contributed by atoms with Gasteiger partial charge >= 0.3 is 6.18 Å². The number of rotatable bonds is 14. The first-order chi connectivity index (χ1) is 20.2. The number of carbonyl (C=O) groups is 2. The van der Waals surface area contributed by atoms with Gasteiger partial charge in [0.25, 0.3) is 12.4 Å². The Bertz CT molecular complexity index is 1550. The fraction of sp³-hybridized carbons (Fsp3) is 0.346. The van der Waals surface area contributed by atoms with Crippen LogP contribution in [0.3, 0.4) is 0 Å². The fourth-order valence-electron chi connectivity index (χ4n) is 4.36. The summed E-state index contributed by atoms with van der Waals surface area (Å²) in [5.74, 6) is -0.169. The maximum absolute atomic E-state index is 13.8. The molecule has 16 heteroatoms. The molecule has 0 saturated carbocycles. The minimum atomic E-state index is -4.75. The van der Waals surface area contributed by atoms with Crippen molar-refractivity contribution in [2.24, 2.45) is 5.73 Å². The molecule has 3 aromatic heterocycles. The van der Waals surface area contributed by atoms with E-state index in [0.29, 0.717) is 25.1 Å². The summed E-state index contributed by atoms with van der Waals surface area (Å²) in [6.45, 7) is 2.75. The number of fused-ring (bicyclic) bond motifs is 1. The maximum atomic E-state index is 13.8. The number of anilines is 2. The summed E-state index contributed by atoms with van der Waals surface area (Å²) >= 11 is 0. The molecule has 1 aromatic carbocycles. The molecule has 0 fully saturated rings. The average molecular weight is 591 g/mol. The molecule has 0 spiro atoms. The Morgan fingerprint density at radius 1 is 1.24 bits per heavy atom. The third-order valence-electron chi connectivity index (χ3n) is 6.14. The van der Waals surface area contributed by atoms with Gasteiger partial charge in [0, 0.05) is 42.8 Å². The first-order valence-corrected chi connectivity index (χ1v) is 12.9. The van der Waals surface area contributed by atoms with E-state index in [-0.39, 0.29) is 65.9 Å². The summed E-state index contributed by atoms with van der Waals surface area (Å²) in [6.07, 6.45) is 0.820. The molecule has 42 heavy (non-hydrogen) atoms. The van der Waals surface area contributed by atoms with Gasteiger partial charge in [0.05, 0.1) is 49.5 Å². The van der Waals surface area contributed by atoms with Gasteiger partial charge in [-0.05, 0) is 18.6 Å². The molecule has 224 valence electrons. The lowest BCUT2D eigenvalue weighted by Crippen LogP contribution is -2.29. The lowest BCUT2D eigenvalue weighted by atomic mass is 10.0. The number of hydrogen-bond donors (Lipinski definition) is 4. The Kier molecular flexibility index (Phi) is 9.72. The first-order valence-electron chi connectivity index (χ1n) is 12.9. The van der Waals surface area contributed by atoms with Crippen molar-refractivity contribution in [3.63, 3.8) is 0 Å². The molecular formula is C26H29F3N8O5. The highest BCUT2D eigenvalue weighted by Gasteiger charge is 2.38. The van der Waals surface area contributed by atoms with Gasteiger partial charge in [0.1, 0.15) is 0 Å². The van der Waals surface area contributed by atoms with Crippen LogP contribution in [0.1, 0.15) is 28.5 Å². The molecular weight excluding hydrogens is 561 g/mol. The van der Waals surface area contributed by atoms with Crippen LogP contribution in [0, 0.1) is 0 Å². The predicted octanol–water partition coefficient (Wildman–Crippen LogP) is 2.15. The van der Waals surface area contributed by atoms with Crippen LogP contribution in [0.4, 0.5) is 24.7 Å². The second kappa shape index (κ2) is 13.4. The van der Waals surface area contributed by atoms with Crippen LogP contribution in [0.5, 0.6) is 5.75 Å². The van der Waals surface area contributed by atoms with Crippen molar-refractivity contribution in [1.82, 2.24) is 29.5 Å². The highest BCUT2D eigenvalue weighted by atomic mass is 19.4. The zero-order valence-electron chi connectivity index (χ0n) is 22.5. The standard InChI is InChI=1S/C26H29F3N8O5/c1-2-16-17(25(40)32-7-12-41-11-5-30)3-4-19(21(16)42-15-39)34-23-24-33-13-20(37(24)8-6-31-23)18-14-36(9-10-38)35-22(18)26(27,28)29/h3-4,6,8,13-15,38H,2,5,7,9-12,30H2,1H3,(H,31,34)(H,32,40). The molecule has 1 amide bonds. The van der Waals surface area contributed by atoms with Gasteiger partial charge in [0.2, 0.25) is 0 Å². The molecule has 4 aromatic rings. The van der Waals surface area contributed by atoms with E-state index in [0.717, 1.165) is 4.68 Å². The van der Waals surface area contributed by atoms with Gasteiger partial charge in [-0.25, -0.2) is 9.97 Å². The molecule has 0 atom stereocenters. The van der Waals surface area contributed by atoms with Gasteiger partial charge in [0.15, 0.2) is 22.9 Å². The number of aromatic nitrogens is 5. The number of imidazole rings is 1. The number of nitrogens with two attached hydrogens (primary N) is 1. The molecule has 0 saturated heterocycles. The van der Waals surface area contributed by atoms with E-state index in [1.807, 2.05) is 0 Å². The fourth-order valence-corrected chi connectivity index (χ4v) is 4.36. The number of nitrogens with one attached hydrogen (secondary N) is 2. The van der Waals surface area contributed by atoms with Crippen LogP contribution in [-0.2, 0) is 28.7 Å². The van der Waals surface area contributed by atoms with Crippen molar-refractivity contribution in [2.45, 2.75) is 26.1 Å². The number of carbonyl (C=O) groups excluding carboxylic acids is 2. The number of benzene rings is 1. The van der Waals surface area contributed by atoms with Gasteiger partial charge < -0.3 is 30.9 Å². The Balaban J connectivity index is 1.69. The molecule has 0 aliphatic carbocycles. The summed E-state index contributed by atoms with van der Waals surface area (Å²) in [7, 11) is 0. The van der Waals surface area contributed by atoms with Crippen molar-refractivity contribution < 1.29 is 37.3 Å². The van der Waals surface area contributed by atoms with Gasteiger partial charge in [-0.15, -0.1) is 0 Å². The van der Waals surface area contributed by atoms with E-state index in [1.165, 1.54) is 35.3 Å². The monoisotopic (exact) mass is 590 g/mol. The van der Waals surface area contributed by atoms with E-state index in [4.69, 9.17) is 15.2 Å². The summed E-state index contributed by atoms with van der Waals surface area (Å²) in [5, 5.41) is 18.5. The largest absolute Gasteiger partial charge is 0.435 e. The molecule has 5 N–H and O–H groups in total. The Labute approximate surface area is 237 Å². The van der Waals surface area contributed by atoms with E-state index >= 15 is 0 Å². The number of aliphatic hydroxyl groups excluding tert-OH is 1. The minimum absolute atomic E-state index is 0.0831. The Morgan fingerprint density at radius 3 is 2.74 bits per heavy atom. The minimum Gasteiger partial charge on any atom is -0.426 e. The van der Waals surface area contributed by atoms with Crippen molar-refractivity contribution >= 4 is 29.5 Å². The number of halogens is 3. The third-order valence-corrected chi connectivity index (χ3v) is 6.14. The summed E-state index contributed by atoms with van der Waals surface area (Å²) < 4.78 is 54.3. The average Bonchev–Trinajstić information content (AvgIpc) is 3.59. The molecule has 0 unspecified atom stereocenters. The quantitative estimate of drug-likeness (QED) is 0.126. The van der Waals surface area contributed by atoms with Crippen LogP contribution in [0.25, 0.3) is 16.9 Å². The summed E-state index contributed by atoms with van der Waals surface area (Å²) in [6, 6.07) is 3.07. The zero-order valence-corrected chi connectivity index (χ0v) is 22.5. The number of aliphatic hydroxyl groups is 1. The van der Waals surface area contributed by atoms with E-state index < -0.39 is 24.4 Å². The normalized spacial score (nSPS) is 11.6. The number of ether oxygens (including phenoxy) is 2. The third kappa shape index (κ3) is 6.50. The van der Waals surface area contributed by atoms with Gasteiger partial charge in [-0.1, -0.05) is 6.92 Å². The van der Waals surface area contributed by atoms with E-state index in [9.17, 15) is 27.9 Å². The Hall–Kier alpha value is -4.54. The molecule has 0 aliphatic heterocycles. The molecule has 13 nitrogen and oxygen atoms in total. The van der Waals surface area contributed by atoms with E-state index in [1.54, 1.807) is 13.0 Å². The van der Waals surface area contributed by atoms with Crippen molar-refractivity contribution in [3.8, 4) is 17.0 Å². The van der Waals surface area contributed by atoms with Crippen LogP contribution in [-0.4, -0.2) is 74.5 Å². The predicted molar refractivity (Wildman–Crippen MR) is 144 cm³/mol. The highest BCUT2D eigenvalue weighted by molar-refractivity contribution is 5.97. The molecule has 0 radical (unpaired) electrons. The molecule has 0 bridgehead atoms. The zero-order chi connectivity index (χ0) is 30.3. The van der Waals surface area contributed by atoms with Gasteiger partial charge in [-0.2, -0.15) is 18.3 Å². The maximum Gasteiger partial charge on any atom is 0.435 e. The smallest absolute Gasteiger partial charge is 0.426 e. The topological polar surface area (TPSA) is 171 Å². The first kappa shape index (κ1) is 30.4. The number of nitrogens with zero attached hydrogens (tertiary/aromatic N) is 5. The molecule has 0 aliphatic rings. The highest BCUT2D eigenvalue weighted by Crippen LogP contribution is 2.38. The second-order valence-electron chi connectivity index (χ2n) is 8.81. The second-order valence-corrected chi connectivity index (χ2v) is 8.81. The van der Waals surface area contributed by atoms with Crippen molar-refractivity contribution in [1.29, 1.82) is 0 Å². The van der Waals surface area contributed by atoms with Crippen molar-refractivity contribution in [2.75, 3.05) is 38.2 Å². The molecule has 4 rings (SSSR count). The Morgan fingerprint density at radius 2 is 2.05 bits per heavy atom. The van der Waals surface area contributed by atoms with Crippen LogP contribution in [0.2, 0.25) is 0 Å². The molecule has 3 heterocycles. The lowest BCUT2D eigenvalue weighted by molar-refractivity contribution is -0.141. The van der Waals surface area contributed by atoms with Crippen LogP contribution < -0.4 is 21.1 Å². The summed E-state index contributed by atoms with van der Waals surface area (Å²) in [5.41, 5.74) is 5.29. The number of hydrogen-bond acceptors (Lipinski definition) is 10. The van der Waals surface area contributed by atoms with Crippen molar-refractivity contribution in [3.05, 3.63) is 53.7 Å². The van der Waals surface area contributed by atoms with E-state index in [2.05, 4.69) is 25.7 Å². The van der Waals surface area contributed by atoms with Crippen LogP contribution >= 0.6 is 0 Å². The van der Waals surface area contributed by atoms with Crippen LogP contribution in [0.15, 0.2) is 36.9 Å². The van der Waals surface area contributed by atoms with Gasteiger partial charge in [-0.3, -0.25) is 18.7 Å². The lowest BCUT2D eigenvalue weighted by Gasteiger charge is -2.17. The summed E-state index contributed by atoms with van der Waals surface area (Å²) in [4.78, 5) is 32.8. The SMILES string of the molecule is CCc1c(C(=O)NCCOCCN)ccc(Nc2nccn3c(-c4cn(CCO)nc4C(F)(F)F)cnc23)c1OC=O. The number of amides is 1.